The monoisotopic (exact) mass is 440 g/mol. The van der Waals surface area contributed by atoms with Crippen LogP contribution in [0.2, 0.25) is 0 Å². The Bertz CT molecular complexity index is 1340. The van der Waals surface area contributed by atoms with Crippen molar-refractivity contribution in [3.63, 3.8) is 0 Å². The zero-order valence-electron chi connectivity index (χ0n) is 18.4. The molecule has 0 radical (unpaired) electrons. The van der Waals surface area contributed by atoms with Crippen molar-refractivity contribution in [3.8, 4) is 5.75 Å². The van der Waals surface area contributed by atoms with Crippen molar-refractivity contribution in [2.24, 2.45) is 0 Å². The lowest BCUT2D eigenvalue weighted by Crippen LogP contribution is -2.32. The molecule has 1 aliphatic carbocycles. The summed E-state index contributed by atoms with van der Waals surface area (Å²) in [7, 11) is 0. The lowest BCUT2D eigenvalue weighted by molar-refractivity contribution is 0.0729. The first-order valence-corrected chi connectivity index (χ1v) is 11.0. The van der Waals surface area contributed by atoms with E-state index in [0.29, 0.717) is 36.1 Å². The topological polar surface area (TPSA) is 72.6 Å². The molecular weight excluding hydrogens is 416 g/mol. The molecule has 6 nitrogen and oxygen atoms in total. The Kier molecular flexibility index (Phi) is 5.65. The summed E-state index contributed by atoms with van der Waals surface area (Å²) in [4.78, 5) is 30.9. The summed E-state index contributed by atoms with van der Waals surface area (Å²) in [6.07, 6.45) is 5.64. The smallest absolute Gasteiger partial charge is 0.336 e. The Morgan fingerprint density at radius 3 is 2.64 bits per heavy atom. The van der Waals surface area contributed by atoms with Gasteiger partial charge in [0.05, 0.1) is 0 Å². The summed E-state index contributed by atoms with van der Waals surface area (Å²) in [5.74, 6) is 0.654. The van der Waals surface area contributed by atoms with Gasteiger partial charge in [0.1, 0.15) is 17.9 Å². The summed E-state index contributed by atoms with van der Waals surface area (Å²) < 4.78 is 11.2. The average molecular weight is 440 g/mol. The van der Waals surface area contributed by atoms with Gasteiger partial charge in [-0.2, -0.15) is 0 Å². The minimum Gasteiger partial charge on any atom is -0.489 e. The van der Waals surface area contributed by atoms with Crippen LogP contribution in [0.5, 0.6) is 5.75 Å². The molecule has 166 valence electrons. The highest BCUT2D eigenvalue weighted by Crippen LogP contribution is 2.30. The number of aryl methyl sites for hydroxylation is 1. The second-order valence-electron chi connectivity index (χ2n) is 8.42. The first-order valence-electron chi connectivity index (χ1n) is 11.0. The van der Waals surface area contributed by atoms with Gasteiger partial charge in [-0.3, -0.25) is 9.78 Å². The summed E-state index contributed by atoms with van der Waals surface area (Å²) in [5, 5.41) is 0.885. The standard InChI is InChI=1S/C27H24N2O4/c1-18-13-26(30)33-25-14-23(10-11-24(18)25)32-17-19-4-6-21(7-5-19)27(31)29(22-8-9-22)16-20-3-2-12-28-15-20/h2-7,10-15,22H,8-9,16-17H2,1H3. The van der Waals surface area contributed by atoms with E-state index in [-0.39, 0.29) is 11.5 Å². The summed E-state index contributed by atoms with van der Waals surface area (Å²) >= 11 is 0. The number of carbonyl (C=O) groups is 1. The first kappa shape index (κ1) is 20.9. The van der Waals surface area contributed by atoms with Crippen LogP contribution in [0.1, 0.15) is 39.9 Å². The normalized spacial score (nSPS) is 13.1. The maximum absolute atomic E-state index is 13.1. The van der Waals surface area contributed by atoms with Gasteiger partial charge in [-0.05, 0) is 66.8 Å². The van der Waals surface area contributed by atoms with Gasteiger partial charge < -0.3 is 14.1 Å². The highest BCUT2D eigenvalue weighted by atomic mass is 16.5. The van der Waals surface area contributed by atoms with Gasteiger partial charge in [0.25, 0.3) is 5.91 Å². The molecule has 0 atom stereocenters. The third-order valence-corrected chi connectivity index (χ3v) is 5.85. The van der Waals surface area contributed by atoms with Gasteiger partial charge in [0, 0.05) is 48.1 Å². The van der Waals surface area contributed by atoms with Gasteiger partial charge in [-0.15, -0.1) is 0 Å². The summed E-state index contributed by atoms with van der Waals surface area (Å²) in [5.41, 5.74) is 3.65. The third-order valence-electron chi connectivity index (χ3n) is 5.85. The molecule has 1 aliphatic rings. The molecule has 1 fully saturated rings. The molecule has 2 aromatic heterocycles. The zero-order chi connectivity index (χ0) is 22.8. The maximum Gasteiger partial charge on any atom is 0.336 e. The molecule has 33 heavy (non-hydrogen) atoms. The Hall–Kier alpha value is -3.93. The number of nitrogens with zero attached hydrogens (tertiary/aromatic N) is 2. The first-order chi connectivity index (χ1) is 16.1. The van der Waals surface area contributed by atoms with E-state index in [9.17, 15) is 9.59 Å². The van der Waals surface area contributed by atoms with Crippen LogP contribution in [0.4, 0.5) is 0 Å². The number of aromatic nitrogens is 1. The Labute approximate surface area is 191 Å². The van der Waals surface area contributed by atoms with Crippen molar-refractivity contribution in [3.05, 3.63) is 106 Å². The van der Waals surface area contributed by atoms with Gasteiger partial charge in [-0.1, -0.05) is 18.2 Å². The average Bonchev–Trinajstić information content (AvgIpc) is 3.67. The number of rotatable bonds is 7. The number of carbonyl (C=O) groups excluding carboxylic acids is 1. The number of pyridine rings is 1. The SMILES string of the molecule is Cc1cc(=O)oc2cc(OCc3ccc(C(=O)N(Cc4cccnc4)C4CC4)cc3)ccc12. The third kappa shape index (κ3) is 4.80. The van der Waals surface area contributed by atoms with E-state index in [4.69, 9.17) is 9.15 Å². The predicted molar refractivity (Wildman–Crippen MR) is 125 cm³/mol. The summed E-state index contributed by atoms with van der Waals surface area (Å²) in [6.45, 7) is 2.79. The minimum atomic E-state index is -0.374. The van der Waals surface area contributed by atoms with Gasteiger partial charge in [0.2, 0.25) is 0 Å². The van der Waals surface area contributed by atoms with Crippen LogP contribution >= 0.6 is 0 Å². The lowest BCUT2D eigenvalue weighted by atomic mass is 10.1. The Morgan fingerprint density at radius 2 is 1.91 bits per heavy atom. The highest BCUT2D eigenvalue weighted by Gasteiger charge is 2.33. The van der Waals surface area contributed by atoms with Crippen LogP contribution in [0.3, 0.4) is 0 Å². The molecule has 0 bridgehead atoms. The lowest BCUT2D eigenvalue weighted by Gasteiger charge is -2.22. The molecule has 0 aliphatic heterocycles. The highest BCUT2D eigenvalue weighted by molar-refractivity contribution is 5.94. The van der Waals surface area contributed by atoms with Gasteiger partial charge in [-0.25, -0.2) is 4.79 Å². The molecule has 0 spiro atoms. The van der Waals surface area contributed by atoms with Gasteiger partial charge >= 0.3 is 5.63 Å². The van der Waals surface area contributed by atoms with E-state index in [1.807, 2.05) is 66.6 Å². The molecule has 0 N–H and O–H groups in total. The molecule has 1 saturated carbocycles. The predicted octanol–water partition coefficient (Wildman–Crippen LogP) is 4.88. The molecular formula is C27H24N2O4. The molecule has 1 amide bonds. The van der Waals surface area contributed by atoms with E-state index in [1.165, 1.54) is 6.07 Å². The van der Waals surface area contributed by atoms with Crippen LogP contribution in [0.25, 0.3) is 11.0 Å². The number of benzene rings is 2. The van der Waals surface area contributed by atoms with E-state index < -0.39 is 0 Å². The van der Waals surface area contributed by atoms with Crippen molar-refractivity contribution >= 4 is 16.9 Å². The zero-order valence-corrected chi connectivity index (χ0v) is 18.4. The van der Waals surface area contributed by atoms with Crippen LogP contribution < -0.4 is 10.4 Å². The molecule has 6 heteroatoms. The molecule has 2 heterocycles. The van der Waals surface area contributed by atoms with Crippen molar-refractivity contribution in [1.82, 2.24) is 9.88 Å². The van der Waals surface area contributed by atoms with Crippen molar-refractivity contribution in [2.45, 2.75) is 39.0 Å². The quantitative estimate of drug-likeness (QED) is 0.383. The number of fused-ring (bicyclic) bond motifs is 1. The number of hydrogen-bond acceptors (Lipinski definition) is 5. The van der Waals surface area contributed by atoms with Crippen LogP contribution in [0.15, 0.2) is 82.3 Å². The fourth-order valence-electron chi connectivity index (χ4n) is 3.91. The summed E-state index contributed by atoms with van der Waals surface area (Å²) in [6, 6.07) is 18.7. The number of ether oxygens (including phenoxy) is 1. The van der Waals surface area contributed by atoms with Gasteiger partial charge in [0.15, 0.2) is 0 Å². The fourth-order valence-corrected chi connectivity index (χ4v) is 3.91. The van der Waals surface area contributed by atoms with Crippen molar-refractivity contribution < 1.29 is 13.9 Å². The van der Waals surface area contributed by atoms with Crippen LogP contribution in [-0.4, -0.2) is 21.8 Å². The molecule has 0 unspecified atom stereocenters. The second kappa shape index (κ2) is 8.90. The van der Waals surface area contributed by atoms with Crippen LogP contribution in [0, 0.1) is 6.92 Å². The second-order valence-corrected chi connectivity index (χ2v) is 8.42. The van der Waals surface area contributed by atoms with E-state index >= 15 is 0 Å². The van der Waals surface area contributed by atoms with Crippen LogP contribution in [-0.2, 0) is 13.2 Å². The number of amides is 1. The van der Waals surface area contributed by atoms with E-state index in [1.54, 1.807) is 12.3 Å². The molecule has 5 rings (SSSR count). The fraction of sp³-hybridized carbons (Fsp3) is 0.222. The van der Waals surface area contributed by atoms with Crippen molar-refractivity contribution in [1.29, 1.82) is 0 Å². The largest absolute Gasteiger partial charge is 0.489 e. The van der Waals surface area contributed by atoms with E-state index in [0.717, 1.165) is 34.9 Å². The molecule has 0 saturated heterocycles. The minimum absolute atomic E-state index is 0.0359. The van der Waals surface area contributed by atoms with Crippen molar-refractivity contribution in [2.75, 3.05) is 0 Å². The molecule has 4 aromatic rings. The maximum atomic E-state index is 13.1. The van der Waals surface area contributed by atoms with E-state index in [2.05, 4.69) is 4.98 Å². The molecule has 2 aromatic carbocycles. The Balaban J connectivity index is 1.26. The Morgan fingerprint density at radius 1 is 1.09 bits per heavy atom. The number of hydrogen-bond donors (Lipinski definition) is 0.